The second-order valence-electron chi connectivity index (χ2n) is 4.82. The summed E-state index contributed by atoms with van der Waals surface area (Å²) in [4.78, 5) is 23.3. The first kappa shape index (κ1) is 18.2. The number of halogens is 1. The molecule has 1 aromatic carbocycles. The Balaban J connectivity index is 1.81. The van der Waals surface area contributed by atoms with Crippen LogP contribution in [-0.4, -0.2) is 28.2 Å². The molecule has 2 aromatic rings. The first-order chi connectivity index (χ1) is 11.6. The average molecular weight is 410 g/mol. The van der Waals surface area contributed by atoms with E-state index in [1.54, 1.807) is 6.21 Å². The Hall–Kier alpha value is -2.13. The van der Waals surface area contributed by atoms with E-state index in [-0.39, 0.29) is 18.2 Å². The highest BCUT2D eigenvalue weighted by molar-refractivity contribution is 9.10. The number of rotatable bonds is 7. The molecule has 2 amide bonds. The molecule has 0 radical (unpaired) electrons. The van der Waals surface area contributed by atoms with E-state index in [4.69, 9.17) is 0 Å². The van der Waals surface area contributed by atoms with Crippen LogP contribution in [0.1, 0.15) is 30.3 Å². The van der Waals surface area contributed by atoms with Crippen molar-refractivity contribution >= 4 is 50.4 Å². The summed E-state index contributed by atoms with van der Waals surface area (Å²) < 4.78 is 0.974. The number of aromatic nitrogens is 2. The highest BCUT2D eigenvalue weighted by atomic mass is 79.9. The van der Waals surface area contributed by atoms with Crippen LogP contribution in [0.15, 0.2) is 33.8 Å². The molecule has 126 valence electrons. The molecule has 0 aliphatic carbocycles. The van der Waals surface area contributed by atoms with Crippen LogP contribution < -0.4 is 10.7 Å². The van der Waals surface area contributed by atoms with E-state index in [9.17, 15) is 9.59 Å². The van der Waals surface area contributed by atoms with E-state index in [1.807, 2.05) is 31.2 Å². The highest BCUT2D eigenvalue weighted by Gasteiger charge is 2.10. The van der Waals surface area contributed by atoms with Gasteiger partial charge in [-0.15, -0.1) is 10.2 Å². The minimum atomic E-state index is -0.300. The lowest BCUT2D eigenvalue weighted by atomic mass is 10.2. The van der Waals surface area contributed by atoms with Gasteiger partial charge in [0.2, 0.25) is 16.9 Å². The third-order valence-electron chi connectivity index (χ3n) is 2.77. The molecule has 1 heterocycles. The molecule has 1 aromatic heterocycles. The number of nitrogens with one attached hydrogen (secondary N) is 2. The largest absolute Gasteiger partial charge is 0.301 e. The second-order valence-corrected chi connectivity index (χ2v) is 6.80. The molecule has 0 atom stereocenters. The zero-order valence-electron chi connectivity index (χ0n) is 13.0. The third-order valence-corrected chi connectivity index (χ3v) is 4.14. The van der Waals surface area contributed by atoms with Gasteiger partial charge in [-0.3, -0.25) is 9.59 Å². The van der Waals surface area contributed by atoms with Crippen molar-refractivity contribution in [3.63, 3.8) is 0 Å². The van der Waals surface area contributed by atoms with Crippen LogP contribution in [0.2, 0.25) is 0 Å². The summed E-state index contributed by atoms with van der Waals surface area (Å²) in [6, 6.07) is 7.52. The van der Waals surface area contributed by atoms with Crippen LogP contribution in [0.5, 0.6) is 0 Å². The molecule has 2 rings (SSSR count). The fourth-order valence-electron chi connectivity index (χ4n) is 1.69. The van der Waals surface area contributed by atoms with E-state index in [0.717, 1.165) is 16.5 Å². The summed E-state index contributed by atoms with van der Waals surface area (Å²) in [7, 11) is 0. The van der Waals surface area contributed by atoms with Crippen molar-refractivity contribution in [3.8, 4) is 0 Å². The lowest BCUT2D eigenvalue weighted by Gasteiger charge is -1.97. The van der Waals surface area contributed by atoms with Gasteiger partial charge < -0.3 is 5.32 Å². The molecule has 0 aliphatic rings. The Morgan fingerprint density at radius 3 is 2.71 bits per heavy atom. The monoisotopic (exact) mass is 409 g/mol. The van der Waals surface area contributed by atoms with Gasteiger partial charge in [-0.05, 0) is 24.1 Å². The van der Waals surface area contributed by atoms with E-state index in [2.05, 4.69) is 42.0 Å². The number of carbonyl (C=O) groups excluding carboxylic acids is 2. The summed E-state index contributed by atoms with van der Waals surface area (Å²) in [5.74, 6) is -0.408. The molecule has 9 heteroatoms. The number of nitrogens with zero attached hydrogens (tertiary/aromatic N) is 3. The van der Waals surface area contributed by atoms with Gasteiger partial charge in [-0.1, -0.05) is 46.3 Å². The number of anilines is 1. The van der Waals surface area contributed by atoms with Crippen molar-refractivity contribution in [1.82, 2.24) is 15.6 Å². The quantitative estimate of drug-likeness (QED) is 0.542. The SMILES string of the molecule is CCCC(=O)Nc1nnc(CC(=O)N/N=C/c2ccc(Br)cc2)s1. The molecule has 0 spiro atoms. The molecular weight excluding hydrogens is 394 g/mol. The van der Waals surface area contributed by atoms with Crippen LogP contribution in [-0.2, 0) is 16.0 Å². The molecule has 0 aliphatic heterocycles. The van der Waals surface area contributed by atoms with Gasteiger partial charge in [-0.2, -0.15) is 5.10 Å². The predicted octanol–water partition coefficient (Wildman–Crippen LogP) is 2.73. The maximum absolute atomic E-state index is 11.8. The van der Waals surface area contributed by atoms with Crippen molar-refractivity contribution in [2.24, 2.45) is 5.10 Å². The predicted molar refractivity (Wildman–Crippen MR) is 97.0 cm³/mol. The molecular formula is C15H16BrN5O2S. The first-order valence-electron chi connectivity index (χ1n) is 7.26. The summed E-state index contributed by atoms with van der Waals surface area (Å²) in [6.45, 7) is 1.92. The molecule has 0 bridgehead atoms. The van der Waals surface area contributed by atoms with Gasteiger partial charge in [0, 0.05) is 10.9 Å². The van der Waals surface area contributed by atoms with Crippen LogP contribution >= 0.6 is 27.3 Å². The number of amides is 2. The van der Waals surface area contributed by atoms with Gasteiger partial charge in [0.15, 0.2) is 0 Å². The van der Waals surface area contributed by atoms with Crippen LogP contribution in [0.25, 0.3) is 0 Å². The van der Waals surface area contributed by atoms with Crippen molar-refractivity contribution in [2.45, 2.75) is 26.2 Å². The first-order valence-corrected chi connectivity index (χ1v) is 8.87. The van der Waals surface area contributed by atoms with Gasteiger partial charge in [-0.25, -0.2) is 5.43 Å². The Morgan fingerprint density at radius 2 is 2.00 bits per heavy atom. The molecule has 2 N–H and O–H groups in total. The second kappa shape index (κ2) is 9.24. The van der Waals surface area contributed by atoms with E-state index in [1.165, 1.54) is 11.3 Å². The number of carbonyl (C=O) groups is 2. The fraction of sp³-hybridized carbons (Fsp3) is 0.267. The minimum Gasteiger partial charge on any atom is -0.301 e. The van der Waals surface area contributed by atoms with Crippen molar-refractivity contribution in [3.05, 3.63) is 39.3 Å². The van der Waals surface area contributed by atoms with Crippen LogP contribution in [0.4, 0.5) is 5.13 Å². The van der Waals surface area contributed by atoms with Gasteiger partial charge in [0.25, 0.3) is 0 Å². The zero-order chi connectivity index (χ0) is 17.4. The Bertz CT molecular complexity index is 730. The van der Waals surface area contributed by atoms with Gasteiger partial charge in [0.05, 0.1) is 12.6 Å². The summed E-state index contributed by atoms with van der Waals surface area (Å²) in [5.41, 5.74) is 3.31. The standard InChI is InChI=1S/C15H16BrN5O2S/c1-2-3-12(22)18-15-21-20-14(24-15)8-13(23)19-17-9-10-4-6-11(16)7-5-10/h4-7,9H,2-3,8H2,1H3,(H,19,23)(H,18,21,22)/b17-9+. The van der Waals surface area contributed by atoms with E-state index < -0.39 is 0 Å². The molecule has 0 saturated carbocycles. The average Bonchev–Trinajstić information content (AvgIpc) is 2.96. The molecule has 7 nitrogen and oxygen atoms in total. The lowest BCUT2D eigenvalue weighted by molar-refractivity contribution is -0.120. The molecule has 0 fully saturated rings. The maximum atomic E-state index is 11.8. The number of hydrogen-bond donors (Lipinski definition) is 2. The number of hydrogen-bond acceptors (Lipinski definition) is 6. The van der Waals surface area contributed by atoms with E-state index in [0.29, 0.717) is 16.6 Å². The van der Waals surface area contributed by atoms with E-state index >= 15 is 0 Å². The smallest absolute Gasteiger partial charge is 0.247 e. The number of benzene rings is 1. The summed E-state index contributed by atoms with van der Waals surface area (Å²) >= 11 is 4.52. The van der Waals surface area contributed by atoms with Crippen molar-refractivity contribution in [2.75, 3.05) is 5.32 Å². The Labute approximate surface area is 151 Å². The summed E-state index contributed by atoms with van der Waals surface area (Å²) in [6.07, 6.45) is 2.80. The van der Waals surface area contributed by atoms with Gasteiger partial charge >= 0.3 is 0 Å². The summed E-state index contributed by atoms with van der Waals surface area (Å²) in [5, 5.41) is 15.2. The topological polar surface area (TPSA) is 96.3 Å². The van der Waals surface area contributed by atoms with Crippen molar-refractivity contribution < 1.29 is 9.59 Å². The molecule has 24 heavy (non-hydrogen) atoms. The van der Waals surface area contributed by atoms with Crippen LogP contribution in [0, 0.1) is 0 Å². The third kappa shape index (κ3) is 6.17. The fourth-order valence-corrected chi connectivity index (χ4v) is 2.71. The maximum Gasteiger partial charge on any atom is 0.247 e. The van der Waals surface area contributed by atoms with Gasteiger partial charge in [0.1, 0.15) is 5.01 Å². The molecule has 0 saturated heterocycles. The normalized spacial score (nSPS) is 10.8. The zero-order valence-corrected chi connectivity index (χ0v) is 15.4. The Morgan fingerprint density at radius 1 is 1.25 bits per heavy atom. The lowest BCUT2D eigenvalue weighted by Crippen LogP contribution is -2.19. The Kier molecular flexibility index (Phi) is 7.01. The number of hydrazone groups is 1. The van der Waals surface area contributed by atoms with Crippen molar-refractivity contribution in [1.29, 1.82) is 0 Å². The highest BCUT2D eigenvalue weighted by Crippen LogP contribution is 2.16. The van der Waals surface area contributed by atoms with Crippen LogP contribution in [0.3, 0.4) is 0 Å². The minimum absolute atomic E-state index is 0.0546. The molecule has 0 unspecified atom stereocenters.